The molecule has 0 atom stereocenters. The third-order valence-electron chi connectivity index (χ3n) is 1.20. The number of hydrogen-bond acceptors (Lipinski definition) is 4. The monoisotopic (exact) mass is 189 g/mol. The number of nitrogens with one attached hydrogen (secondary N) is 1. The molecule has 0 saturated carbocycles. The fourth-order valence-electron chi connectivity index (χ4n) is 0.755. The molecule has 68 valence electrons. The molecule has 0 unspecified atom stereocenters. The van der Waals surface area contributed by atoms with Crippen LogP contribution in [-0.2, 0) is 0 Å². The van der Waals surface area contributed by atoms with Crippen LogP contribution in [0.4, 0.5) is 11.4 Å². The first-order chi connectivity index (χ1) is 5.33. The normalized spacial score (nSPS) is 8.75. The average molecular weight is 190 g/mol. The predicted molar refractivity (Wildman–Crippen MR) is 51.5 cm³/mol. The van der Waals surface area contributed by atoms with Crippen LogP contribution in [0.3, 0.4) is 0 Å². The van der Waals surface area contributed by atoms with Crippen molar-refractivity contribution in [2.24, 2.45) is 0 Å². The molecule has 0 aliphatic carbocycles. The van der Waals surface area contributed by atoms with E-state index in [1.165, 1.54) is 0 Å². The zero-order valence-electron chi connectivity index (χ0n) is 6.53. The summed E-state index contributed by atoms with van der Waals surface area (Å²) >= 11 is 0. The van der Waals surface area contributed by atoms with Gasteiger partial charge in [0.2, 0.25) is 0 Å². The number of aromatic nitrogens is 1. The molecule has 1 aromatic rings. The Labute approximate surface area is 77.2 Å². The van der Waals surface area contributed by atoms with E-state index in [-0.39, 0.29) is 19.0 Å². The quantitative estimate of drug-likeness (QED) is 0.647. The summed E-state index contributed by atoms with van der Waals surface area (Å²) in [6, 6.07) is 1.77. The number of rotatable bonds is 3. The highest BCUT2D eigenvalue weighted by Gasteiger charge is 1.90. The van der Waals surface area contributed by atoms with Gasteiger partial charge in [0.25, 0.3) is 0 Å². The minimum atomic E-state index is 0. The molecule has 0 radical (unpaired) electrons. The van der Waals surface area contributed by atoms with Crippen LogP contribution in [0.25, 0.3) is 0 Å². The molecule has 0 saturated heterocycles. The second-order valence-corrected chi connectivity index (χ2v) is 2.16. The molecule has 0 fully saturated rings. The molecule has 12 heavy (non-hydrogen) atoms. The average Bonchev–Trinajstić information content (AvgIpc) is 2.01. The van der Waals surface area contributed by atoms with Gasteiger partial charge in [-0.2, -0.15) is 0 Å². The molecule has 1 aromatic heterocycles. The fraction of sp³-hybridized carbons (Fsp3) is 0.286. The van der Waals surface area contributed by atoms with Gasteiger partial charge in [-0.1, -0.05) is 0 Å². The third kappa shape index (κ3) is 3.41. The smallest absolute Gasteiger partial charge is 0.0604 e. The number of aliphatic hydroxyl groups excluding tert-OH is 1. The summed E-state index contributed by atoms with van der Waals surface area (Å²) in [6.45, 7) is 0.625. The van der Waals surface area contributed by atoms with Crippen molar-refractivity contribution in [2.45, 2.75) is 0 Å². The molecule has 1 heterocycles. The summed E-state index contributed by atoms with van der Waals surface area (Å²) in [5, 5.41) is 11.4. The third-order valence-corrected chi connectivity index (χ3v) is 1.20. The van der Waals surface area contributed by atoms with Crippen LogP contribution in [0.2, 0.25) is 0 Å². The summed E-state index contributed by atoms with van der Waals surface area (Å²) in [5.74, 6) is 0. The van der Waals surface area contributed by atoms with E-state index in [0.717, 1.165) is 5.69 Å². The predicted octanol–water partition coefficient (Wildman–Crippen LogP) is 0.490. The van der Waals surface area contributed by atoms with Crippen molar-refractivity contribution in [3.63, 3.8) is 0 Å². The fourth-order valence-corrected chi connectivity index (χ4v) is 0.755. The molecule has 0 amide bonds. The number of nitrogens with two attached hydrogens (primary N) is 1. The number of nitrogens with zero attached hydrogens (tertiary/aromatic N) is 1. The van der Waals surface area contributed by atoms with Gasteiger partial charge in [0.05, 0.1) is 24.2 Å². The molecule has 0 aliphatic heterocycles. The lowest BCUT2D eigenvalue weighted by Crippen LogP contribution is -2.05. The Morgan fingerprint density at radius 2 is 2.25 bits per heavy atom. The van der Waals surface area contributed by atoms with Crippen LogP contribution < -0.4 is 11.1 Å². The standard InChI is InChI=1S/C7H11N3O.ClH/c8-6-3-7(5-9-4-6)10-1-2-11;/h3-5,10-11H,1-2,8H2;1H. The number of hydrogen-bond donors (Lipinski definition) is 3. The zero-order valence-corrected chi connectivity index (χ0v) is 7.34. The van der Waals surface area contributed by atoms with Gasteiger partial charge in [0.15, 0.2) is 0 Å². The number of pyridine rings is 1. The van der Waals surface area contributed by atoms with Gasteiger partial charge >= 0.3 is 0 Å². The molecular formula is C7H12ClN3O. The minimum Gasteiger partial charge on any atom is -0.397 e. The van der Waals surface area contributed by atoms with Crippen LogP contribution in [0.15, 0.2) is 18.5 Å². The van der Waals surface area contributed by atoms with E-state index in [1.54, 1.807) is 18.5 Å². The second kappa shape index (κ2) is 5.62. The SMILES string of the molecule is Cl.Nc1cncc(NCCO)c1. The molecule has 0 aliphatic rings. The zero-order chi connectivity index (χ0) is 8.10. The van der Waals surface area contributed by atoms with Gasteiger partial charge in [-0.05, 0) is 6.07 Å². The lowest BCUT2D eigenvalue weighted by atomic mass is 10.4. The lowest BCUT2D eigenvalue weighted by Gasteiger charge is -2.02. The summed E-state index contributed by atoms with van der Waals surface area (Å²) in [5.41, 5.74) is 6.92. The van der Waals surface area contributed by atoms with E-state index in [1.807, 2.05) is 0 Å². The van der Waals surface area contributed by atoms with Crippen LogP contribution >= 0.6 is 12.4 Å². The first kappa shape index (κ1) is 11.0. The lowest BCUT2D eigenvalue weighted by molar-refractivity contribution is 0.311. The van der Waals surface area contributed by atoms with E-state index in [4.69, 9.17) is 10.8 Å². The highest BCUT2D eigenvalue weighted by Crippen LogP contribution is 2.08. The van der Waals surface area contributed by atoms with Gasteiger partial charge in [0, 0.05) is 12.7 Å². The van der Waals surface area contributed by atoms with Crippen LogP contribution in [0, 0.1) is 0 Å². The molecular weight excluding hydrogens is 178 g/mol. The van der Waals surface area contributed by atoms with Gasteiger partial charge < -0.3 is 16.2 Å². The number of nitrogen functional groups attached to an aromatic ring is 1. The van der Waals surface area contributed by atoms with Crippen LogP contribution in [0.1, 0.15) is 0 Å². The molecule has 0 bridgehead atoms. The Kier molecular flexibility index (Phi) is 5.16. The summed E-state index contributed by atoms with van der Waals surface area (Å²) in [7, 11) is 0. The van der Waals surface area contributed by atoms with Gasteiger partial charge in [-0.3, -0.25) is 4.98 Å². The Bertz CT molecular complexity index is 232. The van der Waals surface area contributed by atoms with Gasteiger partial charge in [-0.25, -0.2) is 0 Å². The van der Waals surface area contributed by atoms with Gasteiger partial charge in [-0.15, -0.1) is 12.4 Å². The van der Waals surface area contributed by atoms with E-state index in [9.17, 15) is 0 Å². The summed E-state index contributed by atoms with van der Waals surface area (Å²) in [4.78, 5) is 3.87. The largest absolute Gasteiger partial charge is 0.397 e. The number of halogens is 1. The van der Waals surface area contributed by atoms with Crippen molar-refractivity contribution in [1.82, 2.24) is 4.98 Å². The second-order valence-electron chi connectivity index (χ2n) is 2.16. The Morgan fingerprint density at radius 1 is 1.50 bits per heavy atom. The van der Waals surface area contributed by atoms with Crippen molar-refractivity contribution in [3.8, 4) is 0 Å². The maximum atomic E-state index is 8.48. The van der Waals surface area contributed by atoms with E-state index >= 15 is 0 Å². The van der Waals surface area contributed by atoms with E-state index in [0.29, 0.717) is 12.2 Å². The van der Waals surface area contributed by atoms with Crippen molar-refractivity contribution >= 4 is 23.8 Å². The Morgan fingerprint density at radius 3 is 2.83 bits per heavy atom. The van der Waals surface area contributed by atoms with Crippen molar-refractivity contribution in [1.29, 1.82) is 0 Å². The molecule has 1 rings (SSSR count). The minimum absolute atomic E-state index is 0. The number of aliphatic hydroxyl groups is 1. The van der Waals surface area contributed by atoms with Crippen molar-refractivity contribution in [2.75, 3.05) is 24.2 Å². The highest BCUT2D eigenvalue weighted by molar-refractivity contribution is 5.85. The van der Waals surface area contributed by atoms with Crippen LogP contribution in [0.5, 0.6) is 0 Å². The molecule has 4 N–H and O–H groups in total. The molecule has 0 spiro atoms. The highest BCUT2D eigenvalue weighted by atomic mass is 35.5. The molecule has 0 aromatic carbocycles. The van der Waals surface area contributed by atoms with Crippen LogP contribution in [-0.4, -0.2) is 23.2 Å². The van der Waals surface area contributed by atoms with E-state index in [2.05, 4.69) is 10.3 Å². The topological polar surface area (TPSA) is 71.2 Å². The summed E-state index contributed by atoms with van der Waals surface area (Å²) < 4.78 is 0. The maximum absolute atomic E-state index is 8.48. The molecule has 5 heteroatoms. The molecule has 4 nitrogen and oxygen atoms in total. The van der Waals surface area contributed by atoms with Gasteiger partial charge in [0.1, 0.15) is 0 Å². The van der Waals surface area contributed by atoms with E-state index < -0.39 is 0 Å². The first-order valence-corrected chi connectivity index (χ1v) is 3.38. The van der Waals surface area contributed by atoms with Crippen molar-refractivity contribution < 1.29 is 5.11 Å². The number of anilines is 2. The first-order valence-electron chi connectivity index (χ1n) is 3.38. The Balaban J connectivity index is 0.00000121. The van der Waals surface area contributed by atoms with Crippen molar-refractivity contribution in [3.05, 3.63) is 18.5 Å². The Hall–Kier alpha value is -1.00. The summed E-state index contributed by atoms with van der Waals surface area (Å²) in [6.07, 6.45) is 3.23. The maximum Gasteiger partial charge on any atom is 0.0604 e.